The Morgan fingerprint density at radius 1 is 1.08 bits per heavy atom. The van der Waals surface area contributed by atoms with E-state index in [0.717, 1.165) is 22.3 Å². The summed E-state index contributed by atoms with van der Waals surface area (Å²) in [6.07, 6.45) is 1.69. The molecule has 0 bridgehead atoms. The number of rotatable bonds is 8. The Morgan fingerprint density at radius 3 is 2.58 bits per heavy atom. The van der Waals surface area contributed by atoms with Crippen molar-refractivity contribution in [1.82, 2.24) is 10.4 Å². The average molecular weight is 516 g/mol. The minimum absolute atomic E-state index is 0.211. The highest BCUT2D eigenvalue weighted by Crippen LogP contribution is 2.34. The Hall–Kier alpha value is -4.13. The number of ether oxygens (including phenoxy) is 2. The lowest BCUT2D eigenvalue weighted by Crippen LogP contribution is -2.44. The minimum atomic E-state index is -0.425. The van der Waals surface area contributed by atoms with Gasteiger partial charge in [-0.1, -0.05) is 54.2 Å². The van der Waals surface area contributed by atoms with Crippen LogP contribution >= 0.6 is 24.0 Å². The number of amides is 2. The number of hydrogen-bond acceptors (Lipinski definition) is 7. The molecule has 1 aliphatic rings. The van der Waals surface area contributed by atoms with E-state index < -0.39 is 11.8 Å². The molecule has 0 spiro atoms. The molecule has 3 aromatic carbocycles. The zero-order valence-electron chi connectivity index (χ0n) is 19.3. The molecule has 2 amide bonds. The molecule has 0 saturated carbocycles. The van der Waals surface area contributed by atoms with Crippen molar-refractivity contribution < 1.29 is 19.1 Å². The fourth-order valence-corrected chi connectivity index (χ4v) is 4.56. The molecule has 1 aliphatic heterocycles. The van der Waals surface area contributed by atoms with Gasteiger partial charge in [0.25, 0.3) is 11.8 Å². The minimum Gasteiger partial charge on any atom is -0.490 e. The Bertz CT molecular complexity index is 1380. The van der Waals surface area contributed by atoms with Gasteiger partial charge in [-0.3, -0.25) is 15.0 Å². The van der Waals surface area contributed by atoms with E-state index in [-0.39, 0.29) is 10.9 Å². The molecule has 0 atom stereocenters. The monoisotopic (exact) mass is 515 g/mol. The second kappa shape index (κ2) is 11.5. The van der Waals surface area contributed by atoms with E-state index in [1.54, 1.807) is 66.7 Å². The van der Waals surface area contributed by atoms with E-state index in [2.05, 4.69) is 11.5 Å². The van der Waals surface area contributed by atoms with Crippen molar-refractivity contribution in [3.63, 3.8) is 0 Å². The maximum Gasteiger partial charge on any atom is 0.285 e. The number of hydrogen-bond donors (Lipinski definition) is 1. The average Bonchev–Trinajstić information content (AvgIpc) is 3.16. The highest BCUT2D eigenvalue weighted by atomic mass is 32.2. The lowest BCUT2D eigenvalue weighted by molar-refractivity contribution is -0.123. The van der Waals surface area contributed by atoms with Gasteiger partial charge in [-0.2, -0.15) is 10.3 Å². The molecule has 0 aliphatic carbocycles. The van der Waals surface area contributed by atoms with E-state index in [0.29, 0.717) is 39.7 Å². The molecule has 1 fully saturated rings. The Morgan fingerprint density at radius 2 is 1.83 bits per heavy atom. The Labute approximate surface area is 218 Å². The Kier molecular flexibility index (Phi) is 8.00. The van der Waals surface area contributed by atoms with Crippen molar-refractivity contribution in [3.05, 3.63) is 100.0 Å². The van der Waals surface area contributed by atoms with Crippen molar-refractivity contribution in [3.8, 4) is 17.6 Å². The quantitative estimate of drug-likeness (QED) is 0.330. The largest absolute Gasteiger partial charge is 0.490 e. The molecule has 1 saturated heterocycles. The van der Waals surface area contributed by atoms with Crippen molar-refractivity contribution in [2.75, 3.05) is 6.61 Å². The van der Waals surface area contributed by atoms with Gasteiger partial charge in [0.1, 0.15) is 6.61 Å². The van der Waals surface area contributed by atoms with E-state index in [4.69, 9.17) is 21.7 Å². The molecule has 9 heteroatoms. The normalized spacial score (nSPS) is 14.0. The number of benzene rings is 3. The van der Waals surface area contributed by atoms with Crippen molar-refractivity contribution >= 4 is 46.2 Å². The second-order valence-electron chi connectivity index (χ2n) is 7.52. The predicted octanol–water partition coefficient (Wildman–Crippen LogP) is 5.08. The number of nitriles is 1. The fourth-order valence-electron chi connectivity index (χ4n) is 3.38. The van der Waals surface area contributed by atoms with Gasteiger partial charge in [-0.05, 0) is 61.1 Å². The lowest BCUT2D eigenvalue weighted by Gasteiger charge is -2.15. The maximum absolute atomic E-state index is 12.9. The molecule has 0 unspecified atom stereocenters. The number of thiocarbonyl (C=S) groups is 1. The molecule has 3 aromatic rings. The molecule has 180 valence electrons. The first-order valence-corrected chi connectivity index (χ1v) is 12.2. The van der Waals surface area contributed by atoms with Crippen LogP contribution in [0.4, 0.5) is 0 Å². The van der Waals surface area contributed by atoms with Gasteiger partial charge in [-0.25, -0.2) is 0 Å². The van der Waals surface area contributed by atoms with E-state index in [1.807, 2.05) is 19.1 Å². The van der Waals surface area contributed by atoms with Crippen LogP contribution in [0, 0.1) is 11.3 Å². The summed E-state index contributed by atoms with van der Waals surface area (Å²) in [6, 6.07) is 23.3. The van der Waals surface area contributed by atoms with Crippen LogP contribution in [-0.4, -0.2) is 27.8 Å². The van der Waals surface area contributed by atoms with Gasteiger partial charge in [0, 0.05) is 11.1 Å². The molecule has 4 rings (SSSR count). The zero-order chi connectivity index (χ0) is 25.5. The van der Waals surface area contributed by atoms with Crippen LogP contribution in [0.25, 0.3) is 6.08 Å². The van der Waals surface area contributed by atoms with Crippen LogP contribution < -0.4 is 14.9 Å². The lowest BCUT2D eigenvalue weighted by atomic mass is 10.1. The van der Waals surface area contributed by atoms with E-state index in [1.165, 1.54) is 0 Å². The summed E-state index contributed by atoms with van der Waals surface area (Å²) >= 11 is 6.41. The van der Waals surface area contributed by atoms with Gasteiger partial charge < -0.3 is 9.47 Å². The third kappa shape index (κ3) is 5.74. The van der Waals surface area contributed by atoms with Gasteiger partial charge in [0.2, 0.25) is 0 Å². The SMILES string of the molecule is CCOc1cc(C=C2SC(=S)N(NC(=O)c3ccccc3)C2=O)ccc1OCc1ccccc1C#N. The van der Waals surface area contributed by atoms with Gasteiger partial charge in [-0.15, -0.1) is 0 Å². The zero-order valence-corrected chi connectivity index (χ0v) is 20.9. The van der Waals surface area contributed by atoms with Gasteiger partial charge >= 0.3 is 0 Å². The van der Waals surface area contributed by atoms with Crippen molar-refractivity contribution in [1.29, 1.82) is 5.26 Å². The van der Waals surface area contributed by atoms with Crippen LogP contribution in [0.3, 0.4) is 0 Å². The number of carbonyl (C=O) groups is 2. The molecule has 36 heavy (non-hydrogen) atoms. The first kappa shape index (κ1) is 25.0. The second-order valence-corrected chi connectivity index (χ2v) is 9.20. The fraction of sp³-hybridized carbons (Fsp3) is 0.111. The molecule has 0 radical (unpaired) electrons. The summed E-state index contributed by atoms with van der Waals surface area (Å²) < 4.78 is 11.9. The van der Waals surface area contributed by atoms with Gasteiger partial charge in [0.15, 0.2) is 15.8 Å². The standard InChI is InChI=1S/C27H21N3O4S2/c1-2-33-23-14-18(12-13-22(23)34-17-21-11-7-6-10-20(21)16-28)15-24-26(32)30(27(35)36-24)29-25(31)19-8-4-3-5-9-19/h3-15H,2,17H2,1H3,(H,29,31). The van der Waals surface area contributed by atoms with Crippen LogP contribution in [0.5, 0.6) is 11.5 Å². The van der Waals surface area contributed by atoms with Crippen LogP contribution in [0.2, 0.25) is 0 Å². The van der Waals surface area contributed by atoms with Gasteiger partial charge in [0.05, 0.1) is 23.1 Å². The topological polar surface area (TPSA) is 91.7 Å². The summed E-state index contributed by atoms with van der Waals surface area (Å²) in [5.41, 5.74) is 5.02. The third-order valence-corrected chi connectivity index (χ3v) is 6.43. The smallest absolute Gasteiger partial charge is 0.285 e. The van der Waals surface area contributed by atoms with Crippen LogP contribution in [-0.2, 0) is 11.4 Å². The maximum atomic E-state index is 12.9. The number of thioether (sulfide) groups is 1. The van der Waals surface area contributed by atoms with Crippen molar-refractivity contribution in [2.24, 2.45) is 0 Å². The van der Waals surface area contributed by atoms with Crippen LogP contribution in [0.15, 0.2) is 77.7 Å². The number of nitrogens with one attached hydrogen (secondary N) is 1. The molecular formula is C27H21N3O4S2. The highest BCUT2D eigenvalue weighted by molar-refractivity contribution is 8.26. The molecular weight excluding hydrogens is 494 g/mol. The highest BCUT2D eigenvalue weighted by Gasteiger charge is 2.33. The summed E-state index contributed by atoms with van der Waals surface area (Å²) in [7, 11) is 0. The van der Waals surface area contributed by atoms with Crippen molar-refractivity contribution in [2.45, 2.75) is 13.5 Å². The molecule has 1 heterocycles. The first-order chi connectivity index (χ1) is 17.5. The third-order valence-electron chi connectivity index (χ3n) is 5.13. The molecule has 0 aromatic heterocycles. The Balaban J connectivity index is 1.50. The molecule has 1 N–H and O–H groups in total. The number of carbonyl (C=O) groups excluding carboxylic acids is 2. The van der Waals surface area contributed by atoms with Crippen LogP contribution in [0.1, 0.15) is 34.0 Å². The molecule has 7 nitrogen and oxygen atoms in total. The van der Waals surface area contributed by atoms with E-state index in [9.17, 15) is 14.9 Å². The summed E-state index contributed by atoms with van der Waals surface area (Å²) in [4.78, 5) is 25.8. The predicted molar refractivity (Wildman–Crippen MR) is 142 cm³/mol. The number of nitrogens with zero attached hydrogens (tertiary/aromatic N) is 2. The summed E-state index contributed by atoms with van der Waals surface area (Å²) in [6.45, 7) is 2.49. The number of hydrazine groups is 1. The summed E-state index contributed by atoms with van der Waals surface area (Å²) in [5, 5.41) is 10.4. The summed E-state index contributed by atoms with van der Waals surface area (Å²) in [5.74, 6) is 0.185. The first-order valence-electron chi connectivity index (χ1n) is 11.0. The van der Waals surface area contributed by atoms with E-state index >= 15 is 0 Å².